The zero-order chi connectivity index (χ0) is 22.3. The summed E-state index contributed by atoms with van der Waals surface area (Å²) in [4.78, 5) is 11.4. The van der Waals surface area contributed by atoms with Crippen LogP contribution in [0.25, 0.3) is 16.7 Å². The van der Waals surface area contributed by atoms with Crippen molar-refractivity contribution in [2.24, 2.45) is 0 Å². The van der Waals surface area contributed by atoms with Gasteiger partial charge in [0, 0.05) is 44.8 Å². The van der Waals surface area contributed by atoms with Crippen molar-refractivity contribution in [1.82, 2.24) is 23.7 Å². The lowest BCUT2D eigenvalue weighted by molar-refractivity contribution is 0.520. The zero-order valence-corrected chi connectivity index (χ0v) is 18.9. The Hall–Kier alpha value is -3.23. The first-order valence-corrected chi connectivity index (χ1v) is 11.3. The number of imidazole rings is 1. The summed E-state index contributed by atoms with van der Waals surface area (Å²) < 4.78 is 28.4. The fourth-order valence-electron chi connectivity index (χ4n) is 3.52. The standard InChI is InChI=1S/C23H25N5O2S/c1-16-11-19(15-27(5)17(16)2)22-25-21-12-20(31(29,30)26(3)4)13-24-23(21)28(22)14-18-9-7-6-8-10-18/h6-13,15H,2,14H2,1,3-5H3. The molecule has 0 unspecified atom stereocenters. The van der Waals surface area contributed by atoms with E-state index in [2.05, 4.69) is 11.6 Å². The Labute approximate surface area is 182 Å². The second-order valence-corrected chi connectivity index (χ2v) is 9.93. The van der Waals surface area contributed by atoms with E-state index in [1.54, 1.807) is 6.07 Å². The van der Waals surface area contributed by atoms with E-state index in [0.717, 1.165) is 28.2 Å². The van der Waals surface area contributed by atoms with Crippen molar-refractivity contribution < 1.29 is 8.42 Å². The molecule has 0 radical (unpaired) electrons. The second-order valence-electron chi connectivity index (χ2n) is 7.78. The minimum Gasteiger partial charge on any atom is -0.351 e. The summed E-state index contributed by atoms with van der Waals surface area (Å²) in [6.45, 7) is 6.67. The van der Waals surface area contributed by atoms with Crippen molar-refractivity contribution in [3.63, 3.8) is 0 Å². The molecule has 2 aromatic heterocycles. The van der Waals surface area contributed by atoms with E-state index in [1.807, 2.05) is 66.0 Å². The number of sulfonamides is 1. The van der Waals surface area contributed by atoms with Gasteiger partial charge in [0.05, 0.1) is 6.54 Å². The molecule has 1 aliphatic heterocycles. The molecule has 1 aromatic carbocycles. The lowest BCUT2D eigenvalue weighted by Crippen LogP contribution is -2.22. The molecule has 0 fully saturated rings. The van der Waals surface area contributed by atoms with Crippen molar-refractivity contribution in [2.75, 3.05) is 21.1 Å². The molecule has 0 spiro atoms. The molecule has 0 atom stereocenters. The van der Waals surface area contributed by atoms with Crippen LogP contribution < -0.4 is 0 Å². The Morgan fingerprint density at radius 3 is 2.52 bits per heavy atom. The molecule has 7 nitrogen and oxygen atoms in total. The number of likely N-dealkylation sites (N-methyl/N-ethyl adjacent to an activating group) is 1. The number of nitrogens with zero attached hydrogens (tertiary/aromatic N) is 5. The largest absolute Gasteiger partial charge is 0.351 e. The predicted molar refractivity (Wildman–Crippen MR) is 123 cm³/mol. The monoisotopic (exact) mass is 435 g/mol. The Balaban J connectivity index is 1.92. The summed E-state index contributed by atoms with van der Waals surface area (Å²) in [5.41, 5.74) is 5.15. The third-order valence-corrected chi connectivity index (χ3v) is 7.15. The lowest BCUT2D eigenvalue weighted by Gasteiger charge is -2.24. The Bertz CT molecular complexity index is 1340. The van der Waals surface area contributed by atoms with Crippen LogP contribution in [0.15, 0.2) is 77.6 Å². The molecule has 0 bridgehead atoms. The van der Waals surface area contributed by atoms with Gasteiger partial charge < -0.3 is 9.47 Å². The van der Waals surface area contributed by atoms with Crippen molar-refractivity contribution in [2.45, 2.75) is 18.4 Å². The van der Waals surface area contributed by atoms with E-state index >= 15 is 0 Å². The van der Waals surface area contributed by atoms with Gasteiger partial charge in [-0.1, -0.05) is 36.9 Å². The highest BCUT2D eigenvalue weighted by atomic mass is 32.2. The quantitative estimate of drug-likeness (QED) is 0.614. The number of pyridine rings is 1. The number of hydrogen-bond donors (Lipinski definition) is 0. The summed E-state index contributed by atoms with van der Waals surface area (Å²) in [6.07, 6.45) is 5.42. The Kier molecular flexibility index (Phi) is 5.28. The first-order chi connectivity index (χ1) is 14.7. The maximum Gasteiger partial charge on any atom is 0.244 e. The van der Waals surface area contributed by atoms with Gasteiger partial charge in [0.2, 0.25) is 10.0 Å². The van der Waals surface area contributed by atoms with E-state index in [0.29, 0.717) is 17.7 Å². The van der Waals surface area contributed by atoms with Crippen LogP contribution in [-0.4, -0.2) is 53.3 Å². The highest BCUT2D eigenvalue weighted by molar-refractivity contribution is 7.89. The highest BCUT2D eigenvalue weighted by Gasteiger charge is 2.23. The van der Waals surface area contributed by atoms with Crippen LogP contribution in [0.1, 0.15) is 18.3 Å². The minimum absolute atomic E-state index is 0.121. The third kappa shape index (κ3) is 3.80. The molecular weight excluding hydrogens is 410 g/mol. The Morgan fingerprint density at radius 2 is 1.87 bits per heavy atom. The van der Waals surface area contributed by atoms with Crippen LogP contribution >= 0.6 is 0 Å². The highest BCUT2D eigenvalue weighted by Crippen LogP contribution is 2.30. The fraction of sp³-hybridized carbons (Fsp3) is 0.217. The molecular formula is C23H25N5O2S. The first-order valence-electron chi connectivity index (χ1n) is 9.84. The van der Waals surface area contributed by atoms with E-state index in [4.69, 9.17) is 4.98 Å². The molecule has 1 aliphatic rings. The molecule has 31 heavy (non-hydrogen) atoms. The van der Waals surface area contributed by atoms with E-state index in [9.17, 15) is 8.42 Å². The number of rotatable bonds is 5. The van der Waals surface area contributed by atoms with Crippen molar-refractivity contribution in [1.29, 1.82) is 0 Å². The van der Waals surface area contributed by atoms with Gasteiger partial charge in [-0.05, 0) is 30.2 Å². The average molecular weight is 436 g/mol. The molecule has 8 heteroatoms. The van der Waals surface area contributed by atoms with Gasteiger partial charge in [-0.3, -0.25) is 0 Å². The number of fused-ring (bicyclic) bond motifs is 1. The van der Waals surface area contributed by atoms with Gasteiger partial charge in [-0.25, -0.2) is 22.7 Å². The van der Waals surface area contributed by atoms with Crippen LogP contribution in [0.2, 0.25) is 0 Å². The molecule has 160 valence electrons. The molecule has 0 saturated carbocycles. The summed E-state index contributed by atoms with van der Waals surface area (Å²) >= 11 is 0. The maximum atomic E-state index is 12.6. The van der Waals surface area contributed by atoms with E-state index in [1.165, 1.54) is 24.6 Å². The van der Waals surface area contributed by atoms with Crippen LogP contribution in [0.3, 0.4) is 0 Å². The molecule has 3 heterocycles. The average Bonchev–Trinajstić information content (AvgIpc) is 3.10. The number of benzene rings is 1. The predicted octanol–water partition coefficient (Wildman–Crippen LogP) is 3.48. The number of allylic oxidation sites excluding steroid dienone is 3. The van der Waals surface area contributed by atoms with Crippen LogP contribution in [0.4, 0.5) is 0 Å². The number of aromatic nitrogens is 3. The van der Waals surface area contributed by atoms with Crippen LogP contribution in [-0.2, 0) is 16.6 Å². The van der Waals surface area contributed by atoms with Gasteiger partial charge >= 0.3 is 0 Å². The minimum atomic E-state index is -3.61. The smallest absolute Gasteiger partial charge is 0.244 e. The van der Waals surface area contributed by atoms with Gasteiger partial charge in [-0.2, -0.15) is 0 Å². The van der Waals surface area contributed by atoms with Gasteiger partial charge in [0.1, 0.15) is 16.2 Å². The second kappa shape index (κ2) is 7.79. The molecule has 0 aliphatic carbocycles. The fourth-order valence-corrected chi connectivity index (χ4v) is 4.39. The zero-order valence-electron chi connectivity index (χ0n) is 18.1. The SMILES string of the molecule is C=C1C(C)=CC(c2nc3cc(S(=O)(=O)N(C)C)cnc3n2Cc2ccccc2)=CN1C. The van der Waals surface area contributed by atoms with Gasteiger partial charge in [-0.15, -0.1) is 0 Å². The number of hydrogen-bond acceptors (Lipinski definition) is 5. The topological polar surface area (TPSA) is 71.3 Å². The maximum absolute atomic E-state index is 12.6. The summed E-state index contributed by atoms with van der Waals surface area (Å²) in [6, 6.07) is 11.6. The summed E-state index contributed by atoms with van der Waals surface area (Å²) in [5.74, 6) is 0.726. The summed E-state index contributed by atoms with van der Waals surface area (Å²) in [5, 5.41) is 0. The molecule has 3 aromatic rings. The van der Waals surface area contributed by atoms with E-state index in [-0.39, 0.29) is 4.90 Å². The molecule has 0 amide bonds. The van der Waals surface area contributed by atoms with Crippen LogP contribution in [0.5, 0.6) is 0 Å². The normalized spacial score (nSPS) is 14.9. The van der Waals surface area contributed by atoms with Gasteiger partial charge in [0.25, 0.3) is 0 Å². The Morgan fingerprint density at radius 1 is 1.16 bits per heavy atom. The summed E-state index contributed by atoms with van der Waals surface area (Å²) in [7, 11) is 1.35. The lowest BCUT2D eigenvalue weighted by atomic mass is 10.1. The van der Waals surface area contributed by atoms with Gasteiger partial charge in [0.15, 0.2) is 5.65 Å². The molecule has 4 rings (SSSR count). The first kappa shape index (κ1) is 21.0. The van der Waals surface area contributed by atoms with Crippen molar-refractivity contribution in [3.05, 3.63) is 84.1 Å². The molecule has 0 N–H and O–H groups in total. The third-order valence-electron chi connectivity index (χ3n) is 5.37. The molecule has 0 saturated heterocycles. The van der Waals surface area contributed by atoms with E-state index < -0.39 is 10.0 Å². The van der Waals surface area contributed by atoms with Crippen LogP contribution in [0, 0.1) is 0 Å². The van der Waals surface area contributed by atoms with Crippen molar-refractivity contribution in [3.8, 4) is 0 Å². The van der Waals surface area contributed by atoms with Crippen molar-refractivity contribution >= 4 is 26.8 Å².